The summed E-state index contributed by atoms with van der Waals surface area (Å²) in [6, 6.07) is 7.28. The molecule has 170 valence electrons. The number of hydrogen-bond acceptors (Lipinski definition) is 6. The third-order valence-corrected chi connectivity index (χ3v) is 6.08. The molecule has 1 aromatic heterocycles. The summed E-state index contributed by atoms with van der Waals surface area (Å²) < 4.78 is 0. The van der Waals surface area contributed by atoms with Crippen molar-refractivity contribution in [3.63, 3.8) is 0 Å². The Morgan fingerprint density at radius 3 is 2.66 bits per heavy atom. The van der Waals surface area contributed by atoms with Crippen molar-refractivity contribution in [2.45, 2.75) is 46.1 Å². The number of thiazole rings is 1. The monoisotopic (exact) mass is 473 g/mol. The van der Waals surface area contributed by atoms with E-state index in [1.54, 1.807) is 13.8 Å². The van der Waals surface area contributed by atoms with Crippen molar-refractivity contribution in [2.24, 2.45) is 10.7 Å². The maximum absolute atomic E-state index is 12.7. The average Bonchev–Trinajstić information content (AvgIpc) is 3.23. The fourth-order valence-corrected chi connectivity index (χ4v) is 3.59. The second-order valence-electron chi connectivity index (χ2n) is 8.11. The Labute approximate surface area is 197 Å². The fraction of sp³-hybridized carbons (Fsp3) is 0.304. The molecule has 2 aromatic rings. The van der Waals surface area contributed by atoms with E-state index in [-0.39, 0.29) is 27.7 Å². The molecule has 0 aliphatic rings. The highest BCUT2D eigenvalue weighted by Crippen LogP contribution is 2.26. The minimum Gasteiger partial charge on any atom is -0.382 e. The lowest BCUT2D eigenvalue weighted by Gasteiger charge is -2.19. The molecule has 0 saturated heterocycles. The van der Waals surface area contributed by atoms with Crippen LogP contribution in [0.25, 0.3) is 0 Å². The Hall–Kier alpha value is -2.97. The van der Waals surface area contributed by atoms with E-state index in [9.17, 15) is 9.59 Å². The minimum absolute atomic E-state index is 0.00475. The maximum atomic E-state index is 12.7. The lowest BCUT2D eigenvalue weighted by Crippen LogP contribution is -2.28. The van der Waals surface area contributed by atoms with Crippen LogP contribution in [-0.2, 0) is 10.2 Å². The molecule has 1 heterocycles. The number of carbonyl (C=O) groups excluding carboxylic acids is 2. The molecule has 32 heavy (non-hydrogen) atoms. The summed E-state index contributed by atoms with van der Waals surface area (Å²) in [4.78, 5) is 33.7. The van der Waals surface area contributed by atoms with Crippen molar-refractivity contribution in [3.05, 3.63) is 68.9 Å². The molecule has 2 rings (SSSR count). The third-order valence-electron chi connectivity index (χ3n) is 4.48. The number of anilines is 1. The summed E-state index contributed by atoms with van der Waals surface area (Å²) in [5, 5.41) is 6.20. The van der Waals surface area contributed by atoms with Crippen LogP contribution in [-0.4, -0.2) is 23.0 Å². The first-order valence-corrected chi connectivity index (χ1v) is 11.1. The number of rotatable bonds is 7. The van der Waals surface area contributed by atoms with Gasteiger partial charge in [0.25, 0.3) is 11.8 Å². The normalized spacial score (nSPS) is 13.4. The van der Waals surface area contributed by atoms with Gasteiger partial charge in [0, 0.05) is 11.9 Å². The zero-order chi connectivity index (χ0) is 24.1. The number of amides is 2. The van der Waals surface area contributed by atoms with E-state index in [0.29, 0.717) is 15.6 Å². The lowest BCUT2D eigenvalue weighted by molar-refractivity contribution is -0.117. The van der Waals surface area contributed by atoms with Crippen molar-refractivity contribution < 1.29 is 9.59 Å². The van der Waals surface area contributed by atoms with Gasteiger partial charge in [-0.2, -0.15) is 0 Å². The average molecular weight is 474 g/mol. The molecule has 1 aromatic carbocycles. The van der Waals surface area contributed by atoms with Crippen LogP contribution in [0.2, 0.25) is 0 Å². The van der Waals surface area contributed by atoms with Gasteiger partial charge in [0.2, 0.25) is 0 Å². The number of nitrogens with one attached hydrogen (secondary N) is 2. The van der Waals surface area contributed by atoms with E-state index in [4.69, 9.17) is 17.3 Å². The molecule has 1 unspecified atom stereocenters. The van der Waals surface area contributed by atoms with E-state index in [1.807, 2.05) is 24.3 Å². The second kappa shape index (κ2) is 10.6. The SMILES string of the molecule is C=C(C(=O)NC(C)c1ncc(C(=O)Nc2cccc(C(C)(C)C)c2)s1)/C(Cl)=C(/N)N=CC. The molecule has 0 aliphatic heterocycles. The van der Waals surface area contributed by atoms with Gasteiger partial charge in [-0.25, -0.2) is 9.98 Å². The lowest BCUT2D eigenvalue weighted by atomic mass is 9.87. The number of halogens is 1. The van der Waals surface area contributed by atoms with Crippen LogP contribution in [0.15, 0.2) is 58.5 Å². The van der Waals surface area contributed by atoms with Gasteiger partial charge in [-0.1, -0.05) is 51.1 Å². The van der Waals surface area contributed by atoms with Gasteiger partial charge in [-0.15, -0.1) is 11.3 Å². The van der Waals surface area contributed by atoms with Gasteiger partial charge in [-0.3, -0.25) is 9.59 Å². The van der Waals surface area contributed by atoms with Crippen molar-refractivity contribution in [1.82, 2.24) is 10.3 Å². The van der Waals surface area contributed by atoms with Crippen LogP contribution in [0.1, 0.15) is 60.9 Å². The Bertz CT molecular complexity index is 1080. The Kier molecular flexibility index (Phi) is 8.35. The van der Waals surface area contributed by atoms with Gasteiger partial charge >= 0.3 is 0 Å². The summed E-state index contributed by atoms with van der Waals surface area (Å²) in [5.74, 6) is -0.762. The molecule has 0 radical (unpaired) electrons. The van der Waals surface area contributed by atoms with Gasteiger partial charge in [0.15, 0.2) is 0 Å². The number of nitrogens with zero attached hydrogens (tertiary/aromatic N) is 2. The molecule has 9 heteroatoms. The van der Waals surface area contributed by atoms with E-state index in [2.05, 4.69) is 48.0 Å². The standard InChI is InChI=1S/C23H28ClN5O2S/c1-7-26-19(25)18(24)13(2)20(30)28-14(3)22-27-12-17(32-22)21(31)29-16-10-8-9-15(11-16)23(4,5)6/h7-12,14H,2,25H2,1,3-6H3,(H,28,30)(H,29,31)/b19-18+,26-7?. The zero-order valence-corrected chi connectivity index (χ0v) is 20.4. The molecular weight excluding hydrogens is 446 g/mol. The van der Waals surface area contributed by atoms with Crippen molar-refractivity contribution >= 4 is 46.7 Å². The molecular formula is C23H28ClN5O2S. The molecule has 7 nitrogen and oxygen atoms in total. The van der Waals surface area contributed by atoms with Crippen LogP contribution in [0, 0.1) is 0 Å². The molecule has 0 fully saturated rings. The summed E-state index contributed by atoms with van der Waals surface area (Å²) in [7, 11) is 0. The van der Waals surface area contributed by atoms with Gasteiger partial charge < -0.3 is 16.4 Å². The first kappa shape index (κ1) is 25.3. The Morgan fingerprint density at radius 1 is 1.34 bits per heavy atom. The highest BCUT2D eigenvalue weighted by molar-refractivity contribution is 7.13. The van der Waals surface area contributed by atoms with Crippen LogP contribution in [0.4, 0.5) is 5.69 Å². The topological polar surface area (TPSA) is 109 Å². The van der Waals surface area contributed by atoms with Gasteiger partial charge in [-0.05, 0) is 37.0 Å². The second-order valence-corrected chi connectivity index (χ2v) is 9.55. The number of nitrogens with two attached hydrogens (primary N) is 1. The van der Waals surface area contributed by atoms with Crippen molar-refractivity contribution in [3.8, 4) is 0 Å². The predicted molar refractivity (Wildman–Crippen MR) is 132 cm³/mol. The number of hydrogen-bond donors (Lipinski definition) is 3. The van der Waals surface area contributed by atoms with Crippen LogP contribution >= 0.6 is 22.9 Å². The Balaban J connectivity index is 2.07. The number of aromatic nitrogens is 1. The Morgan fingerprint density at radius 2 is 2.03 bits per heavy atom. The molecule has 0 spiro atoms. The number of aliphatic imine (C=N–C) groups is 1. The molecule has 0 aliphatic carbocycles. The predicted octanol–water partition coefficient (Wildman–Crippen LogP) is 4.88. The summed E-state index contributed by atoms with van der Waals surface area (Å²) in [5.41, 5.74) is 7.50. The molecule has 4 N–H and O–H groups in total. The van der Waals surface area contributed by atoms with E-state index >= 15 is 0 Å². The van der Waals surface area contributed by atoms with Crippen molar-refractivity contribution in [2.75, 3.05) is 5.32 Å². The highest BCUT2D eigenvalue weighted by Gasteiger charge is 2.20. The minimum atomic E-state index is -0.503. The van der Waals surface area contributed by atoms with Crippen LogP contribution in [0.5, 0.6) is 0 Å². The van der Waals surface area contributed by atoms with Crippen LogP contribution < -0.4 is 16.4 Å². The number of carbonyl (C=O) groups is 2. The summed E-state index contributed by atoms with van der Waals surface area (Å²) in [6.45, 7) is 13.4. The molecule has 2 amide bonds. The quantitative estimate of drug-likeness (QED) is 0.302. The molecule has 1 atom stereocenters. The van der Waals surface area contributed by atoms with E-state index in [1.165, 1.54) is 23.7 Å². The first-order valence-electron chi connectivity index (χ1n) is 9.95. The largest absolute Gasteiger partial charge is 0.382 e. The van der Waals surface area contributed by atoms with E-state index in [0.717, 1.165) is 5.56 Å². The highest BCUT2D eigenvalue weighted by atomic mass is 35.5. The maximum Gasteiger partial charge on any atom is 0.267 e. The summed E-state index contributed by atoms with van der Waals surface area (Å²) >= 11 is 7.26. The fourth-order valence-electron chi connectivity index (χ4n) is 2.64. The van der Waals surface area contributed by atoms with E-state index < -0.39 is 11.9 Å². The van der Waals surface area contributed by atoms with Gasteiger partial charge in [0.05, 0.1) is 22.8 Å². The third kappa shape index (κ3) is 6.51. The van der Waals surface area contributed by atoms with Gasteiger partial charge in [0.1, 0.15) is 15.7 Å². The van der Waals surface area contributed by atoms with Crippen molar-refractivity contribution in [1.29, 1.82) is 0 Å². The smallest absolute Gasteiger partial charge is 0.267 e. The molecule has 0 saturated carbocycles. The zero-order valence-electron chi connectivity index (χ0n) is 18.8. The molecule has 0 bridgehead atoms. The number of benzene rings is 1. The van der Waals surface area contributed by atoms with Crippen LogP contribution in [0.3, 0.4) is 0 Å². The summed E-state index contributed by atoms with van der Waals surface area (Å²) in [6.07, 6.45) is 2.95. The first-order chi connectivity index (χ1) is 14.9.